The van der Waals surface area contributed by atoms with E-state index < -0.39 is 4.92 Å². The van der Waals surface area contributed by atoms with Crippen LogP contribution in [0.5, 0.6) is 0 Å². The van der Waals surface area contributed by atoms with Crippen molar-refractivity contribution in [2.75, 3.05) is 22.2 Å². The molecule has 2 rings (SSSR count). The summed E-state index contributed by atoms with van der Waals surface area (Å²) in [5.74, 6) is 7.79. The molecule has 0 unspecified atom stereocenters. The van der Waals surface area contributed by atoms with Gasteiger partial charge in [-0.3, -0.25) is 15.5 Å². The minimum atomic E-state index is -0.463. The Morgan fingerprint density at radius 1 is 1.42 bits per heavy atom. The van der Waals surface area contributed by atoms with Gasteiger partial charge in [0.15, 0.2) is 0 Å². The molecule has 0 radical (unpaired) electrons. The highest BCUT2D eigenvalue weighted by molar-refractivity contribution is 7.99. The molecule has 4 N–H and O–H groups in total. The molecule has 0 saturated carbocycles. The van der Waals surface area contributed by atoms with Crippen LogP contribution in [0, 0.1) is 17.0 Å². The first-order valence-electron chi connectivity index (χ1n) is 5.95. The lowest BCUT2D eigenvalue weighted by Gasteiger charge is -2.23. The number of hydrazine groups is 1. The third-order valence-corrected chi connectivity index (χ3v) is 3.98. The topological polar surface area (TPSA) is 119 Å². The summed E-state index contributed by atoms with van der Waals surface area (Å²) in [4.78, 5) is 18.6. The minimum absolute atomic E-state index is 0.0859. The number of thioether (sulfide) groups is 1. The van der Waals surface area contributed by atoms with E-state index in [0.717, 1.165) is 24.3 Å². The molecular formula is C10H16N6O2S. The van der Waals surface area contributed by atoms with Gasteiger partial charge in [0.05, 0.1) is 4.92 Å². The fourth-order valence-electron chi connectivity index (χ4n) is 1.99. The maximum absolute atomic E-state index is 11.1. The first kappa shape index (κ1) is 13.8. The van der Waals surface area contributed by atoms with Crippen LogP contribution in [0.25, 0.3) is 0 Å². The van der Waals surface area contributed by atoms with Crippen molar-refractivity contribution >= 4 is 29.2 Å². The molecule has 0 aromatic carbocycles. The van der Waals surface area contributed by atoms with Gasteiger partial charge in [-0.1, -0.05) is 0 Å². The first-order valence-corrected chi connectivity index (χ1v) is 7.11. The normalized spacial score (nSPS) is 16.1. The molecule has 1 saturated heterocycles. The predicted molar refractivity (Wildman–Crippen MR) is 75.2 cm³/mol. The number of rotatable bonds is 4. The average molecular weight is 284 g/mol. The van der Waals surface area contributed by atoms with Gasteiger partial charge >= 0.3 is 5.69 Å². The molecule has 104 valence electrons. The number of hydrogen-bond acceptors (Lipinski definition) is 8. The molecule has 0 atom stereocenters. The lowest BCUT2D eigenvalue weighted by molar-refractivity contribution is -0.385. The zero-order chi connectivity index (χ0) is 13.8. The van der Waals surface area contributed by atoms with Crippen LogP contribution in [0.2, 0.25) is 0 Å². The number of nitro groups is 1. The van der Waals surface area contributed by atoms with Crippen LogP contribution in [-0.4, -0.2) is 32.4 Å². The molecule has 2 heterocycles. The molecule has 19 heavy (non-hydrogen) atoms. The van der Waals surface area contributed by atoms with Crippen LogP contribution in [0.3, 0.4) is 0 Å². The standard InChI is InChI=1S/C10H16N6O2S/c1-6-8(16(17)18)9(14-10(12-6)15-11)13-7-2-4-19-5-3-7/h7H,2-5,11H2,1H3,(H2,12,13,14,15). The van der Waals surface area contributed by atoms with Crippen LogP contribution >= 0.6 is 11.8 Å². The monoisotopic (exact) mass is 284 g/mol. The highest BCUT2D eigenvalue weighted by atomic mass is 32.2. The Bertz CT molecular complexity index is 477. The molecule has 1 fully saturated rings. The van der Waals surface area contributed by atoms with E-state index in [1.165, 1.54) is 0 Å². The number of hydrogen-bond donors (Lipinski definition) is 3. The molecule has 1 aromatic heterocycles. The van der Waals surface area contributed by atoms with Crippen LogP contribution in [0.4, 0.5) is 17.5 Å². The lowest BCUT2D eigenvalue weighted by Crippen LogP contribution is -2.26. The number of nitrogens with two attached hydrogens (primary N) is 1. The quantitative estimate of drug-likeness (QED) is 0.430. The third kappa shape index (κ3) is 3.24. The highest BCUT2D eigenvalue weighted by Crippen LogP contribution is 2.29. The Morgan fingerprint density at radius 2 is 2.11 bits per heavy atom. The summed E-state index contributed by atoms with van der Waals surface area (Å²) in [5, 5.41) is 14.3. The number of nitrogen functional groups attached to an aromatic ring is 1. The van der Waals surface area contributed by atoms with Crippen molar-refractivity contribution in [1.29, 1.82) is 0 Å². The minimum Gasteiger partial charge on any atom is -0.361 e. The molecule has 0 bridgehead atoms. The van der Waals surface area contributed by atoms with E-state index in [1.807, 2.05) is 11.8 Å². The zero-order valence-electron chi connectivity index (χ0n) is 10.5. The van der Waals surface area contributed by atoms with Crippen molar-refractivity contribution < 1.29 is 4.92 Å². The van der Waals surface area contributed by atoms with Crippen molar-refractivity contribution in [2.24, 2.45) is 5.84 Å². The Labute approximate surface area is 114 Å². The fourth-order valence-corrected chi connectivity index (χ4v) is 3.09. The van der Waals surface area contributed by atoms with Crippen LogP contribution < -0.4 is 16.6 Å². The predicted octanol–water partition coefficient (Wildman–Crippen LogP) is 1.29. The maximum Gasteiger partial charge on any atom is 0.332 e. The first-order chi connectivity index (χ1) is 9.11. The van der Waals surface area contributed by atoms with Crippen molar-refractivity contribution in [3.63, 3.8) is 0 Å². The van der Waals surface area contributed by atoms with E-state index in [0.29, 0.717) is 5.69 Å². The summed E-state index contributed by atoms with van der Waals surface area (Å²) < 4.78 is 0. The molecule has 1 aromatic rings. The summed E-state index contributed by atoms with van der Waals surface area (Å²) in [6, 6.07) is 0.208. The van der Waals surface area contributed by atoms with E-state index in [2.05, 4.69) is 20.7 Å². The number of aromatic nitrogens is 2. The Morgan fingerprint density at radius 3 is 2.68 bits per heavy atom. The van der Waals surface area contributed by atoms with Crippen molar-refractivity contribution in [3.8, 4) is 0 Å². The Hall–Kier alpha value is -1.61. The molecule has 0 aliphatic carbocycles. The van der Waals surface area contributed by atoms with Crippen LogP contribution in [-0.2, 0) is 0 Å². The summed E-state index contributed by atoms with van der Waals surface area (Å²) in [5.41, 5.74) is 2.53. The summed E-state index contributed by atoms with van der Waals surface area (Å²) in [6.07, 6.45) is 1.94. The van der Waals surface area contributed by atoms with Gasteiger partial charge in [-0.15, -0.1) is 0 Å². The van der Waals surface area contributed by atoms with Crippen molar-refractivity contribution in [3.05, 3.63) is 15.8 Å². The van der Waals surface area contributed by atoms with Gasteiger partial charge < -0.3 is 5.32 Å². The molecule has 1 aliphatic heterocycles. The van der Waals surface area contributed by atoms with Gasteiger partial charge in [-0.25, -0.2) is 10.8 Å². The second-order valence-corrected chi connectivity index (χ2v) is 5.49. The molecule has 0 spiro atoms. The maximum atomic E-state index is 11.1. The van der Waals surface area contributed by atoms with Gasteiger partial charge in [-0.05, 0) is 31.3 Å². The van der Waals surface area contributed by atoms with E-state index in [4.69, 9.17) is 5.84 Å². The molecule has 0 amide bonds. The largest absolute Gasteiger partial charge is 0.361 e. The molecule has 8 nitrogen and oxygen atoms in total. The number of nitrogens with zero attached hydrogens (tertiary/aromatic N) is 3. The molecule has 1 aliphatic rings. The van der Waals surface area contributed by atoms with Crippen LogP contribution in [0.1, 0.15) is 18.5 Å². The van der Waals surface area contributed by atoms with Crippen molar-refractivity contribution in [1.82, 2.24) is 9.97 Å². The summed E-state index contributed by atoms with van der Waals surface area (Å²) >= 11 is 1.89. The number of aryl methyl sites for hydroxylation is 1. The molecule has 9 heteroatoms. The Balaban J connectivity index is 2.29. The summed E-state index contributed by atoms with van der Waals surface area (Å²) in [6.45, 7) is 1.57. The van der Waals surface area contributed by atoms with E-state index in [1.54, 1.807) is 6.92 Å². The van der Waals surface area contributed by atoms with E-state index in [9.17, 15) is 10.1 Å². The third-order valence-electron chi connectivity index (χ3n) is 2.93. The lowest BCUT2D eigenvalue weighted by atomic mass is 10.1. The number of anilines is 2. The van der Waals surface area contributed by atoms with Gasteiger partial charge in [0.2, 0.25) is 11.8 Å². The van der Waals surface area contributed by atoms with Gasteiger partial charge in [0.1, 0.15) is 5.69 Å². The molecular weight excluding hydrogens is 268 g/mol. The number of nitrogens with one attached hydrogen (secondary N) is 2. The second kappa shape index (κ2) is 6.02. The van der Waals surface area contributed by atoms with E-state index in [-0.39, 0.29) is 23.5 Å². The van der Waals surface area contributed by atoms with Crippen LogP contribution in [0.15, 0.2) is 0 Å². The zero-order valence-corrected chi connectivity index (χ0v) is 11.4. The van der Waals surface area contributed by atoms with Gasteiger partial charge in [0.25, 0.3) is 0 Å². The average Bonchev–Trinajstić information content (AvgIpc) is 2.38. The summed E-state index contributed by atoms with van der Waals surface area (Å²) in [7, 11) is 0. The van der Waals surface area contributed by atoms with Crippen molar-refractivity contribution in [2.45, 2.75) is 25.8 Å². The Kier molecular flexibility index (Phi) is 4.38. The van der Waals surface area contributed by atoms with E-state index >= 15 is 0 Å². The second-order valence-electron chi connectivity index (χ2n) is 4.26. The fraction of sp³-hybridized carbons (Fsp3) is 0.600. The SMILES string of the molecule is Cc1nc(NN)nc(NC2CCSCC2)c1[N+](=O)[O-]. The van der Waals surface area contributed by atoms with Gasteiger partial charge in [0, 0.05) is 6.04 Å². The van der Waals surface area contributed by atoms with Gasteiger partial charge in [-0.2, -0.15) is 16.7 Å². The smallest absolute Gasteiger partial charge is 0.332 e. The highest BCUT2D eigenvalue weighted by Gasteiger charge is 2.24.